The first kappa shape index (κ1) is 24.2. The zero-order chi connectivity index (χ0) is 24.4. The first-order valence-corrected chi connectivity index (χ1v) is 13.4. The van der Waals surface area contributed by atoms with Crippen LogP contribution in [0.1, 0.15) is 65.2 Å². The molecule has 1 amide bonds. The van der Waals surface area contributed by atoms with Crippen LogP contribution in [0.3, 0.4) is 0 Å². The van der Waals surface area contributed by atoms with Crippen LogP contribution < -0.4 is 10.6 Å². The van der Waals surface area contributed by atoms with Gasteiger partial charge in [-0.25, -0.2) is 0 Å². The molecule has 1 aliphatic carbocycles. The second kappa shape index (κ2) is 10.6. The number of hydrogen-bond acceptors (Lipinski definition) is 4. The van der Waals surface area contributed by atoms with Crippen LogP contribution in [0.4, 0.5) is 0 Å². The summed E-state index contributed by atoms with van der Waals surface area (Å²) in [7, 11) is 0. The lowest BCUT2D eigenvalue weighted by atomic mass is 9.88. The van der Waals surface area contributed by atoms with Crippen molar-refractivity contribution in [3.8, 4) is 0 Å². The van der Waals surface area contributed by atoms with Gasteiger partial charge in [0.1, 0.15) is 0 Å². The molecule has 0 spiro atoms. The molecular formula is C30H39N3O2. The van der Waals surface area contributed by atoms with Gasteiger partial charge in [0.15, 0.2) is 5.78 Å². The van der Waals surface area contributed by atoms with Gasteiger partial charge in [-0.3, -0.25) is 14.5 Å². The minimum absolute atomic E-state index is 0.0276. The predicted molar refractivity (Wildman–Crippen MR) is 139 cm³/mol. The van der Waals surface area contributed by atoms with Gasteiger partial charge >= 0.3 is 0 Å². The van der Waals surface area contributed by atoms with E-state index in [0.717, 1.165) is 69.4 Å². The Labute approximate surface area is 209 Å². The highest BCUT2D eigenvalue weighted by Gasteiger charge is 2.47. The van der Waals surface area contributed by atoms with Crippen LogP contribution in [0.5, 0.6) is 0 Å². The first-order chi connectivity index (χ1) is 17.0. The number of ketones is 1. The number of carbonyl (C=O) groups is 2. The molecule has 0 aromatic heterocycles. The zero-order valence-corrected chi connectivity index (χ0v) is 21.1. The number of likely N-dealkylation sites (tertiary alicyclic amines) is 1. The quantitative estimate of drug-likeness (QED) is 0.557. The van der Waals surface area contributed by atoms with Crippen LogP contribution in [0.15, 0.2) is 48.5 Å². The standard InChI is InChI=1S/C30H39N3O2/c1-20-12-13-24(16-21(20)2)29(34)28-26-18-31-17-25(26)19-33(28)15-14-27(22-8-4-3-5-9-22)32-30(35)23-10-6-7-11-23/h3-5,8-9,12-13,16,23,25-28,31H,6-7,10-11,14-15,17-19H2,1-2H3,(H,32,35)/t25?,26-,27?,28+/m1/s1. The van der Waals surface area contributed by atoms with Crippen molar-refractivity contribution in [1.82, 2.24) is 15.5 Å². The van der Waals surface area contributed by atoms with E-state index in [-0.39, 0.29) is 29.7 Å². The maximum Gasteiger partial charge on any atom is 0.223 e. The lowest BCUT2D eigenvalue weighted by Crippen LogP contribution is -2.43. The average molecular weight is 474 g/mol. The Morgan fingerprint density at radius 2 is 1.80 bits per heavy atom. The molecular weight excluding hydrogens is 434 g/mol. The molecule has 5 rings (SSSR count). The molecule has 0 radical (unpaired) electrons. The average Bonchev–Trinajstić information content (AvgIpc) is 3.61. The Morgan fingerprint density at radius 3 is 2.54 bits per heavy atom. The van der Waals surface area contributed by atoms with Crippen molar-refractivity contribution in [2.45, 2.75) is 58.0 Å². The maximum absolute atomic E-state index is 13.8. The summed E-state index contributed by atoms with van der Waals surface area (Å²) in [6.45, 7) is 7.80. The lowest BCUT2D eigenvalue weighted by molar-refractivity contribution is -0.125. The summed E-state index contributed by atoms with van der Waals surface area (Å²) in [5.41, 5.74) is 4.36. The second-order valence-electron chi connectivity index (χ2n) is 10.9. The molecule has 3 fully saturated rings. The third-order valence-electron chi connectivity index (χ3n) is 8.67. The van der Waals surface area contributed by atoms with Gasteiger partial charge in [-0.1, -0.05) is 55.3 Å². The molecule has 5 nitrogen and oxygen atoms in total. The summed E-state index contributed by atoms with van der Waals surface area (Å²) < 4.78 is 0. The van der Waals surface area contributed by atoms with E-state index in [0.29, 0.717) is 11.8 Å². The molecule has 2 saturated heterocycles. The number of Topliss-reactive ketones (excluding diaryl/α,β-unsaturated/α-hetero) is 1. The number of amides is 1. The molecule has 0 bridgehead atoms. The number of rotatable bonds is 8. The van der Waals surface area contributed by atoms with E-state index >= 15 is 0 Å². The minimum Gasteiger partial charge on any atom is -0.349 e. The number of nitrogens with zero attached hydrogens (tertiary/aromatic N) is 1. The van der Waals surface area contributed by atoms with Gasteiger partial charge in [0.2, 0.25) is 5.91 Å². The van der Waals surface area contributed by atoms with E-state index in [4.69, 9.17) is 0 Å². The van der Waals surface area contributed by atoms with Crippen LogP contribution in [0, 0.1) is 31.6 Å². The van der Waals surface area contributed by atoms with Crippen molar-refractivity contribution in [3.05, 3.63) is 70.8 Å². The van der Waals surface area contributed by atoms with Gasteiger partial charge in [-0.05, 0) is 74.2 Å². The highest BCUT2D eigenvalue weighted by Crippen LogP contribution is 2.35. The summed E-state index contributed by atoms with van der Waals surface area (Å²) in [6.07, 6.45) is 5.12. The molecule has 4 atom stereocenters. The molecule has 1 saturated carbocycles. The SMILES string of the molecule is Cc1ccc(C(=O)[C@@H]2[C@@H]3CNCC3CN2CCC(NC(=O)C2CCCC2)c2ccccc2)cc1C. The molecule has 2 aromatic carbocycles. The zero-order valence-electron chi connectivity index (χ0n) is 21.1. The minimum atomic E-state index is -0.0981. The fraction of sp³-hybridized carbons (Fsp3) is 0.533. The van der Waals surface area contributed by atoms with Crippen LogP contribution in [-0.2, 0) is 4.79 Å². The highest BCUT2D eigenvalue weighted by molar-refractivity contribution is 6.00. The molecule has 2 heterocycles. The number of hydrogen-bond donors (Lipinski definition) is 2. The normalized spacial score (nSPS) is 25.5. The van der Waals surface area contributed by atoms with Crippen LogP contribution >= 0.6 is 0 Å². The Hall–Kier alpha value is -2.50. The molecule has 3 aliphatic rings. The molecule has 5 heteroatoms. The van der Waals surface area contributed by atoms with Gasteiger partial charge in [0, 0.05) is 31.1 Å². The second-order valence-corrected chi connectivity index (χ2v) is 10.9. The van der Waals surface area contributed by atoms with Crippen molar-refractivity contribution < 1.29 is 9.59 Å². The summed E-state index contributed by atoms with van der Waals surface area (Å²) >= 11 is 0. The lowest BCUT2D eigenvalue weighted by Gasteiger charge is -2.29. The van der Waals surface area contributed by atoms with E-state index in [9.17, 15) is 9.59 Å². The summed E-state index contributed by atoms with van der Waals surface area (Å²) in [5.74, 6) is 1.46. The molecule has 2 aromatic rings. The fourth-order valence-electron chi connectivity index (χ4n) is 6.44. The monoisotopic (exact) mass is 473 g/mol. The van der Waals surface area contributed by atoms with Gasteiger partial charge in [0.05, 0.1) is 12.1 Å². The van der Waals surface area contributed by atoms with Crippen LogP contribution in [0.25, 0.3) is 0 Å². The third kappa shape index (κ3) is 5.22. The number of aryl methyl sites for hydroxylation is 2. The Balaban J connectivity index is 1.33. The highest BCUT2D eigenvalue weighted by atomic mass is 16.2. The summed E-state index contributed by atoms with van der Waals surface area (Å²) in [6, 6.07) is 16.3. The fourth-order valence-corrected chi connectivity index (χ4v) is 6.44. The number of nitrogens with one attached hydrogen (secondary N) is 2. The molecule has 2 unspecified atom stereocenters. The van der Waals surface area contributed by atoms with E-state index < -0.39 is 0 Å². The van der Waals surface area contributed by atoms with Crippen molar-refractivity contribution >= 4 is 11.7 Å². The Kier molecular flexibility index (Phi) is 7.35. The Morgan fingerprint density at radius 1 is 1.03 bits per heavy atom. The number of benzene rings is 2. The largest absolute Gasteiger partial charge is 0.349 e. The summed E-state index contributed by atoms with van der Waals surface area (Å²) in [5, 5.41) is 6.89. The van der Waals surface area contributed by atoms with E-state index in [1.54, 1.807) is 0 Å². The van der Waals surface area contributed by atoms with E-state index in [1.807, 2.05) is 24.3 Å². The van der Waals surface area contributed by atoms with Gasteiger partial charge in [-0.2, -0.15) is 0 Å². The van der Waals surface area contributed by atoms with Gasteiger partial charge in [0.25, 0.3) is 0 Å². The smallest absolute Gasteiger partial charge is 0.223 e. The third-order valence-corrected chi connectivity index (χ3v) is 8.67. The first-order valence-electron chi connectivity index (χ1n) is 13.4. The van der Waals surface area contributed by atoms with Crippen LogP contribution in [0.2, 0.25) is 0 Å². The van der Waals surface area contributed by atoms with Gasteiger partial charge < -0.3 is 10.6 Å². The number of fused-ring (bicyclic) bond motifs is 1. The molecule has 2 N–H and O–H groups in total. The number of carbonyl (C=O) groups excluding carboxylic acids is 2. The van der Waals surface area contributed by atoms with Gasteiger partial charge in [-0.15, -0.1) is 0 Å². The van der Waals surface area contributed by atoms with Crippen LogP contribution in [-0.4, -0.2) is 48.8 Å². The topological polar surface area (TPSA) is 61.4 Å². The molecule has 2 aliphatic heterocycles. The van der Waals surface area contributed by atoms with E-state index in [2.05, 4.69) is 53.6 Å². The van der Waals surface area contributed by atoms with Crippen molar-refractivity contribution in [3.63, 3.8) is 0 Å². The Bertz CT molecular complexity index is 1050. The van der Waals surface area contributed by atoms with Crippen molar-refractivity contribution in [1.29, 1.82) is 0 Å². The van der Waals surface area contributed by atoms with Crippen molar-refractivity contribution in [2.75, 3.05) is 26.2 Å². The molecule has 35 heavy (non-hydrogen) atoms. The maximum atomic E-state index is 13.8. The predicted octanol–water partition coefficient (Wildman–Crippen LogP) is 4.44. The van der Waals surface area contributed by atoms with Crippen molar-refractivity contribution in [2.24, 2.45) is 17.8 Å². The molecule has 186 valence electrons. The summed E-state index contributed by atoms with van der Waals surface area (Å²) in [4.78, 5) is 29.2. The van der Waals surface area contributed by atoms with E-state index in [1.165, 1.54) is 11.1 Å².